The maximum absolute atomic E-state index is 12.9. The predicted molar refractivity (Wildman–Crippen MR) is 127 cm³/mol. The molecule has 0 heterocycles. The van der Waals surface area contributed by atoms with E-state index in [1.54, 1.807) is 24.3 Å². The van der Waals surface area contributed by atoms with Crippen molar-refractivity contribution in [1.82, 2.24) is 0 Å². The summed E-state index contributed by atoms with van der Waals surface area (Å²) in [5.74, 6) is -0.346. The molecule has 182 valence electrons. The number of ether oxygens (including phenoxy) is 2. The van der Waals surface area contributed by atoms with Crippen LogP contribution in [0.3, 0.4) is 0 Å². The average molecular weight is 461 g/mol. The largest absolute Gasteiger partial charge is 0.508 e. The smallest absolute Gasteiger partial charge is 0.316 e. The first-order valence-electron chi connectivity index (χ1n) is 11.2. The van der Waals surface area contributed by atoms with Crippen LogP contribution in [0.1, 0.15) is 73.8 Å². The molecule has 0 amide bonds. The Labute approximate surface area is 196 Å². The molecule has 2 aromatic rings. The maximum Gasteiger partial charge on any atom is 0.316 e. The second kappa shape index (κ2) is 11.3. The predicted octanol–water partition coefficient (Wildman–Crippen LogP) is 6.77. The summed E-state index contributed by atoms with van der Waals surface area (Å²) < 4.78 is 23.6. The molecule has 1 N–H and O–H groups in total. The molecule has 0 saturated carbocycles. The number of carbonyl (C=O) groups is 2. The van der Waals surface area contributed by atoms with Gasteiger partial charge in [0.25, 0.3) is 0 Å². The van der Waals surface area contributed by atoms with Crippen LogP contribution >= 0.6 is 0 Å². The Hall–Kier alpha value is -2.89. The number of esters is 2. The Bertz CT molecular complexity index is 930. The minimum atomic E-state index is -0.753. The molecule has 0 bridgehead atoms. The third-order valence-electron chi connectivity index (χ3n) is 5.79. The topological polar surface area (TPSA) is 72.8 Å². The molecule has 33 heavy (non-hydrogen) atoms. The Morgan fingerprint density at radius 1 is 0.848 bits per heavy atom. The number of carbonyl (C=O) groups excluding carboxylic acids is 2. The lowest BCUT2D eigenvalue weighted by Gasteiger charge is -2.30. The molecular weight excluding hydrogens is 423 g/mol. The van der Waals surface area contributed by atoms with Gasteiger partial charge in [-0.05, 0) is 84.2 Å². The quantitative estimate of drug-likeness (QED) is 0.364. The number of phenols is 1. The maximum atomic E-state index is 12.9. The van der Waals surface area contributed by atoms with Crippen LogP contribution in [0.4, 0.5) is 4.39 Å². The van der Waals surface area contributed by atoms with E-state index in [-0.39, 0.29) is 23.5 Å². The van der Waals surface area contributed by atoms with E-state index in [9.17, 15) is 19.1 Å². The molecule has 0 aliphatic heterocycles. The van der Waals surface area contributed by atoms with Crippen LogP contribution in [0.25, 0.3) is 0 Å². The molecule has 0 saturated heterocycles. The molecule has 0 spiro atoms. The van der Waals surface area contributed by atoms with E-state index in [1.807, 2.05) is 55.4 Å². The molecule has 2 aromatic carbocycles. The molecule has 2 rings (SSSR count). The molecule has 0 unspecified atom stereocenters. The second-order valence-electron chi connectivity index (χ2n) is 9.77. The number of rotatable bonds is 7. The summed E-state index contributed by atoms with van der Waals surface area (Å²) in [6.45, 7) is 14.9. The zero-order valence-corrected chi connectivity index (χ0v) is 21.0. The molecule has 5 nitrogen and oxygen atoms in total. The number of hydrogen-bond acceptors (Lipinski definition) is 5. The van der Waals surface area contributed by atoms with Crippen molar-refractivity contribution in [2.45, 2.75) is 73.8 Å². The molecule has 0 radical (unpaired) electrons. The highest BCUT2D eigenvalue weighted by Crippen LogP contribution is 2.30. The lowest BCUT2D eigenvalue weighted by atomic mass is 9.89. The normalized spacial score (nSPS) is 11.8. The Morgan fingerprint density at radius 3 is 1.85 bits per heavy atom. The first-order chi connectivity index (χ1) is 15.1. The van der Waals surface area contributed by atoms with Gasteiger partial charge >= 0.3 is 11.9 Å². The van der Waals surface area contributed by atoms with Gasteiger partial charge in [-0.3, -0.25) is 9.59 Å². The van der Waals surface area contributed by atoms with Gasteiger partial charge in [-0.15, -0.1) is 0 Å². The van der Waals surface area contributed by atoms with Crippen LogP contribution in [-0.4, -0.2) is 17.0 Å². The molecule has 6 heteroatoms. The summed E-state index contributed by atoms with van der Waals surface area (Å²) in [6.07, 6.45) is 1.43. The third kappa shape index (κ3) is 8.52. The Morgan fingerprint density at radius 2 is 1.36 bits per heavy atom. The van der Waals surface area contributed by atoms with Crippen molar-refractivity contribution in [3.8, 4) is 11.5 Å². The van der Waals surface area contributed by atoms with Crippen molar-refractivity contribution in [2.75, 3.05) is 0 Å². The Kier molecular flexibility index (Phi) is 9.64. The highest BCUT2D eigenvalue weighted by Gasteiger charge is 2.33. The van der Waals surface area contributed by atoms with Crippen molar-refractivity contribution in [2.24, 2.45) is 10.8 Å². The fourth-order valence-electron chi connectivity index (χ4n) is 2.36. The number of benzene rings is 2. The number of aromatic hydroxyl groups is 1. The van der Waals surface area contributed by atoms with Crippen LogP contribution < -0.4 is 4.74 Å². The average Bonchev–Trinajstić information content (AvgIpc) is 2.74. The second-order valence-corrected chi connectivity index (χ2v) is 9.77. The minimum Gasteiger partial charge on any atom is -0.508 e. The van der Waals surface area contributed by atoms with Crippen LogP contribution in [-0.2, 0) is 19.9 Å². The summed E-state index contributed by atoms with van der Waals surface area (Å²) in [5, 5.41) is 9.19. The summed E-state index contributed by atoms with van der Waals surface area (Å²) in [5.41, 5.74) is -0.968. The van der Waals surface area contributed by atoms with E-state index < -0.39 is 16.4 Å². The highest BCUT2D eigenvalue weighted by molar-refractivity contribution is 5.78. The summed E-state index contributed by atoms with van der Waals surface area (Å²) in [4.78, 5) is 23.7. The monoisotopic (exact) mass is 460 g/mol. The van der Waals surface area contributed by atoms with Gasteiger partial charge < -0.3 is 14.6 Å². The number of hydrogen-bond donors (Lipinski definition) is 1. The van der Waals surface area contributed by atoms with Crippen molar-refractivity contribution >= 4 is 11.9 Å². The number of halogens is 1. The molecular formula is C27H37FO5. The standard InChI is InChI=1S/C15H21FO2.C12H16O3/c1-6-14(2,3)13(17)18-15(4,5)11-7-9-12(16)10-8-11;1-4-12(2,3)11(14)15-10-7-5-6-9(13)8-10/h7-10H,6H2,1-5H3;5-8,13H,4H2,1-3H3. The zero-order chi connectivity index (χ0) is 25.4. The van der Waals surface area contributed by atoms with E-state index in [2.05, 4.69) is 0 Å². The highest BCUT2D eigenvalue weighted by atomic mass is 19.1. The van der Waals surface area contributed by atoms with Crippen LogP contribution in [0.15, 0.2) is 48.5 Å². The van der Waals surface area contributed by atoms with Gasteiger partial charge in [0.2, 0.25) is 0 Å². The van der Waals surface area contributed by atoms with Crippen molar-refractivity contribution in [3.63, 3.8) is 0 Å². The Balaban J connectivity index is 0.000000335. The minimum absolute atomic E-state index is 0.0922. The molecule has 0 aliphatic rings. The lowest BCUT2D eigenvalue weighted by molar-refractivity contribution is -0.168. The van der Waals surface area contributed by atoms with Gasteiger partial charge in [-0.2, -0.15) is 0 Å². The third-order valence-corrected chi connectivity index (χ3v) is 5.79. The first kappa shape index (κ1) is 28.1. The fourth-order valence-corrected chi connectivity index (χ4v) is 2.36. The summed E-state index contributed by atoms with van der Waals surface area (Å²) in [7, 11) is 0. The van der Waals surface area contributed by atoms with Gasteiger partial charge in [0.05, 0.1) is 10.8 Å². The lowest BCUT2D eigenvalue weighted by Crippen LogP contribution is -2.33. The molecule has 0 aliphatic carbocycles. The molecule has 0 aromatic heterocycles. The van der Waals surface area contributed by atoms with Crippen molar-refractivity contribution < 1.29 is 28.6 Å². The molecule has 0 atom stereocenters. The van der Waals surface area contributed by atoms with Gasteiger partial charge in [0.1, 0.15) is 22.9 Å². The van der Waals surface area contributed by atoms with Gasteiger partial charge in [0.15, 0.2) is 0 Å². The summed E-state index contributed by atoms with van der Waals surface area (Å²) in [6, 6.07) is 12.3. The molecule has 0 fully saturated rings. The SMILES string of the molecule is CCC(C)(C)C(=O)OC(C)(C)c1ccc(F)cc1.CCC(C)(C)C(=O)Oc1cccc(O)c1. The van der Waals surface area contributed by atoms with Crippen LogP contribution in [0.5, 0.6) is 11.5 Å². The number of phenolic OH excluding ortho intramolecular Hbond substituents is 1. The van der Waals surface area contributed by atoms with Gasteiger partial charge in [-0.25, -0.2) is 4.39 Å². The van der Waals surface area contributed by atoms with Crippen molar-refractivity contribution in [3.05, 3.63) is 59.9 Å². The van der Waals surface area contributed by atoms with Gasteiger partial charge in [0, 0.05) is 6.07 Å². The van der Waals surface area contributed by atoms with E-state index >= 15 is 0 Å². The van der Waals surface area contributed by atoms with E-state index in [0.717, 1.165) is 5.56 Å². The fraction of sp³-hybridized carbons (Fsp3) is 0.481. The van der Waals surface area contributed by atoms with E-state index in [1.165, 1.54) is 24.3 Å². The summed E-state index contributed by atoms with van der Waals surface area (Å²) >= 11 is 0. The van der Waals surface area contributed by atoms with Crippen molar-refractivity contribution in [1.29, 1.82) is 0 Å². The van der Waals surface area contributed by atoms with E-state index in [0.29, 0.717) is 18.6 Å². The van der Waals surface area contributed by atoms with E-state index in [4.69, 9.17) is 9.47 Å². The first-order valence-corrected chi connectivity index (χ1v) is 11.2. The van der Waals surface area contributed by atoms with Gasteiger partial charge in [-0.1, -0.05) is 32.0 Å². The van der Waals surface area contributed by atoms with Crippen LogP contribution in [0.2, 0.25) is 0 Å². The van der Waals surface area contributed by atoms with Crippen LogP contribution in [0, 0.1) is 16.6 Å². The zero-order valence-electron chi connectivity index (χ0n) is 21.0.